The quantitative estimate of drug-likeness (QED) is 0.669. The number of hydrogen-bond donors (Lipinski definition) is 0. The van der Waals surface area contributed by atoms with Gasteiger partial charge in [-0.05, 0) is 47.9 Å². The van der Waals surface area contributed by atoms with Crippen molar-refractivity contribution < 1.29 is 0 Å². The molecule has 0 N–H and O–H groups in total. The molecule has 0 saturated heterocycles. The fourth-order valence-electron chi connectivity index (χ4n) is 1.55. The van der Waals surface area contributed by atoms with E-state index in [1.165, 1.54) is 0 Å². The van der Waals surface area contributed by atoms with Crippen LogP contribution in [0.15, 0.2) is 36.4 Å². The van der Waals surface area contributed by atoms with Crippen molar-refractivity contribution in [2.75, 3.05) is 0 Å². The summed E-state index contributed by atoms with van der Waals surface area (Å²) in [6.45, 7) is 2.04. The number of hydrogen-bond acceptors (Lipinski definition) is 0. The molecule has 2 aromatic rings. The van der Waals surface area contributed by atoms with Crippen LogP contribution in [0.1, 0.15) is 5.56 Å². The summed E-state index contributed by atoms with van der Waals surface area (Å²) in [5, 5.41) is 1.31. The molecule has 0 aromatic heterocycles. The van der Waals surface area contributed by atoms with Crippen molar-refractivity contribution in [3.05, 3.63) is 58.1 Å². The Morgan fingerprint density at radius 1 is 1.07 bits per heavy atom. The number of halogens is 2. The van der Waals surface area contributed by atoms with Crippen molar-refractivity contribution >= 4 is 23.2 Å². The lowest BCUT2D eigenvalue weighted by Crippen LogP contribution is -1.82. The van der Waals surface area contributed by atoms with Gasteiger partial charge in [0.1, 0.15) is 0 Å². The standard InChI is InChI=1S/C13H9Cl2/c1-9-4-2-3-5-13(9)10-6-11(14)8-12(15)7-10/h3-8H,1H3. The van der Waals surface area contributed by atoms with Gasteiger partial charge in [0.05, 0.1) is 0 Å². The second-order valence-electron chi connectivity index (χ2n) is 3.40. The molecule has 15 heavy (non-hydrogen) atoms. The van der Waals surface area contributed by atoms with Gasteiger partial charge >= 0.3 is 0 Å². The van der Waals surface area contributed by atoms with Crippen LogP contribution in [0.25, 0.3) is 11.1 Å². The molecule has 75 valence electrons. The number of aryl methyl sites for hydroxylation is 1. The first-order valence-corrected chi connectivity index (χ1v) is 5.35. The van der Waals surface area contributed by atoms with E-state index in [9.17, 15) is 0 Å². The van der Waals surface area contributed by atoms with Crippen molar-refractivity contribution in [2.45, 2.75) is 6.92 Å². The predicted molar refractivity (Wildman–Crippen MR) is 65.5 cm³/mol. The van der Waals surface area contributed by atoms with Crippen LogP contribution in [0.3, 0.4) is 0 Å². The molecule has 0 spiro atoms. The van der Waals surface area contributed by atoms with E-state index in [0.717, 1.165) is 16.7 Å². The van der Waals surface area contributed by atoms with E-state index < -0.39 is 0 Å². The molecule has 0 aliphatic heterocycles. The smallest absolute Gasteiger partial charge is 0.0426 e. The topological polar surface area (TPSA) is 0 Å². The third kappa shape index (κ3) is 2.34. The average Bonchev–Trinajstić information content (AvgIpc) is 2.16. The normalized spacial score (nSPS) is 10.3. The molecule has 0 aliphatic carbocycles. The summed E-state index contributed by atoms with van der Waals surface area (Å²) in [4.78, 5) is 0. The van der Waals surface area contributed by atoms with Crippen molar-refractivity contribution in [1.82, 2.24) is 0 Å². The van der Waals surface area contributed by atoms with Crippen LogP contribution >= 0.6 is 23.2 Å². The van der Waals surface area contributed by atoms with Crippen LogP contribution in [-0.4, -0.2) is 0 Å². The SMILES string of the molecule is Cc1c[c]ccc1-c1cc(Cl)cc(Cl)c1. The maximum atomic E-state index is 5.96. The number of benzene rings is 2. The Kier molecular flexibility index (Phi) is 2.99. The van der Waals surface area contributed by atoms with E-state index >= 15 is 0 Å². The van der Waals surface area contributed by atoms with Crippen LogP contribution < -0.4 is 0 Å². The van der Waals surface area contributed by atoms with Crippen LogP contribution in [0.4, 0.5) is 0 Å². The average molecular weight is 236 g/mol. The van der Waals surface area contributed by atoms with Gasteiger partial charge in [-0.1, -0.05) is 41.4 Å². The second-order valence-corrected chi connectivity index (χ2v) is 4.27. The van der Waals surface area contributed by atoms with Crippen LogP contribution in [0, 0.1) is 13.0 Å². The zero-order chi connectivity index (χ0) is 10.8. The summed E-state index contributed by atoms with van der Waals surface area (Å²) in [6.07, 6.45) is 0. The Morgan fingerprint density at radius 2 is 1.73 bits per heavy atom. The maximum Gasteiger partial charge on any atom is 0.0426 e. The highest BCUT2D eigenvalue weighted by Crippen LogP contribution is 2.28. The van der Waals surface area contributed by atoms with E-state index in [0.29, 0.717) is 10.0 Å². The van der Waals surface area contributed by atoms with Gasteiger partial charge in [-0.15, -0.1) is 0 Å². The van der Waals surface area contributed by atoms with Crippen molar-refractivity contribution in [3.63, 3.8) is 0 Å². The molecular weight excluding hydrogens is 227 g/mol. The van der Waals surface area contributed by atoms with Crippen molar-refractivity contribution in [2.24, 2.45) is 0 Å². The van der Waals surface area contributed by atoms with Crippen molar-refractivity contribution in [1.29, 1.82) is 0 Å². The summed E-state index contributed by atoms with van der Waals surface area (Å²) < 4.78 is 0. The lowest BCUT2D eigenvalue weighted by Gasteiger charge is -2.06. The first kappa shape index (κ1) is 10.5. The van der Waals surface area contributed by atoms with Gasteiger partial charge in [0.25, 0.3) is 0 Å². The van der Waals surface area contributed by atoms with E-state index in [1.54, 1.807) is 6.07 Å². The summed E-state index contributed by atoms with van der Waals surface area (Å²) in [6, 6.07) is 14.4. The van der Waals surface area contributed by atoms with Gasteiger partial charge in [0.2, 0.25) is 0 Å². The minimum atomic E-state index is 0.657. The molecule has 0 saturated carbocycles. The molecule has 0 heterocycles. The lowest BCUT2D eigenvalue weighted by atomic mass is 10.0. The Balaban J connectivity index is 2.59. The van der Waals surface area contributed by atoms with Crippen LogP contribution in [0.2, 0.25) is 10.0 Å². The highest BCUT2D eigenvalue weighted by molar-refractivity contribution is 6.35. The largest absolute Gasteiger partial charge is 0.0843 e. The van der Waals surface area contributed by atoms with Crippen LogP contribution in [-0.2, 0) is 0 Å². The third-order valence-corrected chi connectivity index (χ3v) is 2.68. The Morgan fingerprint density at radius 3 is 2.33 bits per heavy atom. The molecule has 0 amide bonds. The summed E-state index contributed by atoms with van der Waals surface area (Å²) in [5.41, 5.74) is 3.34. The van der Waals surface area contributed by atoms with Gasteiger partial charge in [0.15, 0.2) is 0 Å². The molecular formula is C13H9Cl2. The monoisotopic (exact) mass is 235 g/mol. The summed E-state index contributed by atoms with van der Waals surface area (Å²) in [5.74, 6) is 0. The Bertz CT molecular complexity index is 469. The molecule has 0 aliphatic rings. The minimum absolute atomic E-state index is 0.657. The minimum Gasteiger partial charge on any atom is -0.0843 e. The molecule has 0 unspecified atom stereocenters. The molecule has 1 radical (unpaired) electrons. The molecule has 0 atom stereocenters. The summed E-state index contributed by atoms with van der Waals surface area (Å²) >= 11 is 11.9. The Hall–Kier alpha value is -0.980. The van der Waals surface area contributed by atoms with Gasteiger partial charge in [-0.3, -0.25) is 0 Å². The van der Waals surface area contributed by atoms with E-state index in [-0.39, 0.29) is 0 Å². The van der Waals surface area contributed by atoms with E-state index in [1.807, 2.05) is 37.3 Å². The first-order valence-electron chi connectivity index (χ1n) is 4.60. The predicted octanol–water partition coefficient (Wildman–Crippen LogP) is 4.77. The maximum absolute atomic E-state index is 5.96. The van der Waals surface area contributed by atoms with Crippen molar-refractivity contribution in [3.8, 4) is 11.1 Å². The highest BCUT2D eigenvalue weighted by atomic mass is 35.5. The van der Waals surface area contributed by atoms with Gasteiger partial charge in [-0.2, -0.15) is 0 Å². The van der Waals surface area contributed by atoms with Crippen LogP contribution in [0.5, 0.6) is 0 Å². The van der Waals surface area contributed by atoms with Gasteiger partial charge in [-0.25, -0.2) is 0 Å². The first-order chi connectivity index (χ1) is 7.16. The fraction of sp³-hybridized carbons (Fsp3) is 0.0769. The second kappa shape index (κ2) is 4.26. The van der Waals surface area contributed by atoms with Gasteiger partial charge in [0, 0.05) is 10.0 Å². The molecule has 2 rings (SSSR count). The molecule has 0 fully saturated rings. The Labute approximate surface area is 99.5 Å². The lowest BCUT2D eigenvalue weighted by molar-refractivity contribution is 1.45. The zero-order valence-electron chi connectivity index (χ0n) is 8.22. The van der Waals surface area contributed by atoms with E-state index in [2.05, 4.69) is 6.07 Å². The molecule has 2 aromatic carbocycles. The summed E-state index contributed by atoms with van der Waals surface area (Å²) in [7, 11) is 0. The molecule has 0 bridgehead atoms. The zero-order valence-corrected chi connectivity index (χ0v) is 9.73. The van der Waals surface area contributed by atoms with Gasteiger partial charge < -0.3 is 0 Å². The number of rotatable bonds is 1. The third-order valence-electron chi connectivity index (χ3n) is 2.24. The molecule has 0 nitrogen and oxygen atoms in total. The highest BCUT2D eigenvalue weighted by Gasteiger charge is 2.03. The fourth-order valence-corrected chi connectivity index (χ4v) is 2.07. The molecule has 2 heteroatoms. The van der Waals surface area contributed by atoms with E-state index in [4.69, 9.17) is 23.2 Å².